The first-order valence-electron chi connectivity index (χ1n) is 12.2. The van der Waals surface area contributed by atoms with Crippen LogP contribution in [-0.4, -0.2) is 36.0 Å². The number of likely N-dealkylation sites (tertiary alicyclic amines) is 1. The van der Waals surface area contributed by atoms with Crippen LogP contribution in [0.1, 0.15) is 56.9 Å². The highest BCUT2D eigenvalue weighted by atomic mass is 19.4. The molecule has 1 saturated heterocycles. The lowest BCUT2D eigenvalue weighted by atomic mass is 9.88. The second-order valence-electron chi connectivity index (χ2n) is 9.15. The number of benzene rings is 3. The predicted octanol–water partition coefficient (Wildman–Crippen LogP) is 5.34. The van der Waals surface area contributed by atoms with Gasteiger partial charge >= 0.3 is 12.1 Å². The summed E-state index contributed by atoms with van der Waals surface area (Å²) in [5.74, 6) is 2.52. The highest BCUT2D eigenvalue weighted by molar-refractivity contribution is 5.99. The van der Waals surface area contributed by atoms with E-state index in [0.717, 1.165) is 16.7 Å². The number of carbonyl (C=O) groups is 2. The molecule has 1 heterocycles. The Hall–Kier alpha value is -4.09. The Bertz CT molecular complexity index is 1400. The maximum atomic E-state index is 13.5. The van der Waals surface area contributed by atoms with Crippen LogP contribution in [0.3, 0.4) is 0 Å². The van der Waals surface area contributed by atoms with E-state index in [2.05, 4.69) is 17.9 Å². The standard InChI is InChI=1S/C30H27F3N2O3/c1-20-6-2-3-8-22(20)12-13-24-9-5-11-26(27(24)38-29(37)30(31,32)33)28(36)35-16-14-23(15-17-35)25-10-4-7-21(18-25)19-34/h2-11,18,23H,14-17,19,34H2,1H3. The number of nitrogens with zero attached hydrogens (tertiary/aromatic N) is 1. The molecule has 1 amide bonds. The van der Waals surface area contributed by atoms with Crippen molar-refractivity contribution in [2.75, 3.05) is 13.1 Å². The quantitative estimate of drug-likeness (QED) is 0.286. The molecule has 0 saturated carbocycles. The number of amides is 1. The SMILES string of the molecule is Cc1ccccc1C#Cc1cccc(C(=O)N2CCC(c3cccc(CN)c3)CC2)c1OC(=O)C(F)(F)F. The van der Waals surface area contributed by atoms with Gasteiger partial charge in [0.05, 0.1) is 11.1 Å². The number of carbonyl (C=O) groups excluding carboxylic acids is 2. The van der Waals surface area contributed by atoms with E-state index < -0.39 is 23.8 Å². The van der Waals surface area contributed by atoms with Crippen LogP contribution in [0.4, 0.5) is 13.2 Å². The number of para-hydroxylation sites is 1. The summed E-state index contributed by atoms with van der Waals surface area (Å²) in [7, 11) is 0. The number of halogens is 3. The van der Waals surface area contributed by atoms with Gasteiger partial charge in [-0.2, -0.15) is 13.2 Å². The van der Waals surface area contributed by atoms with E-state index in [4.69, 9.17) is 10.5 Å². The van der Waals surface area contributed by atoms with Crippen LogP contribution in [0, 0.1) is 18.8 Å². The lowest BCUT2D eigenvalue weighted by Crippen LogP contribution is -2.38. The zero-order valence-corrected chi connectivity index (χ0v) is 20.8. The van der Waals surface area contributed by atoms with Gasteiger partial charge in [0.2, 0.25) is 0 Å². The number of esters is 1. The molecular formula is C30H27F3N2O3. The summed E-state index contributed by atoms with van der Waals surface area (Å²) >= 11 is 0. The molecule has 0 radical (unpaired) electrons. The lowest BCUT2D eigenvalue weighted by molar-refractivity contribution is -0.189. The molecule has 0 unspecified atom stereocenters. The Labute approximate surface area is 219 Å². The summed E-state index contributed by atoms with van der Waals surface area (Å²) in [6, 6.07) is 19.6. The topological polar surface area (TPSA) is 72.6 Å². The van der Waals surface area contributed by atoms with Crippen molar-refractivity contribution in [1.82, 2.24) is 4.90 Å². The van der Waals surface area contributed by atoms with Gasteiger partial charge in [-0.1, -0.05) is 60.4 Å². The molecule has 5 nitrogen and oxygen atoms in total. The van der Waals surface area contributed by atoms with Gasteiger partial charge in [-0.05, 0) is 60.6 Å². The Morgan fingerprint density at radius 3 is 2.32 bits per heavy atom. The number of hydrogen-bond donors (Lipinski definition) is 1. The molecule has 1 aliphatic heterocycles. The molecule has 8 heteroatoms. The summed E-state index contributed by atoms with van der Waals surface area (Å²) in [4.78, 5) is 26.8. The van der Waals surface area contributed by atoms with Crippen LogP contribution < -0.4 is 10.5 Å². The van der Waals surface area contributed by atoms with Crippen LogP contribution in [0.25, 0.3) is 0 Å². The number of aryl methyl sites for hydroxylation is 1. The van der Waals surface area contributed by atoms with Crippen LogP contribution >= 0.6 is 0 Å². The zero-order valence-electron chi connectivity index (χ0n) is 20.8. The third-order valence-corrected chi connectivity index (χ3v) is 6.59. The molecule has 1 aliphatic rings. The van der Waals surface area contributed by atoms with Gasteiger partial charge in [0.1, 0.15) is 0 Å². The van der Waals surface area contributed by atoms with Crippen LogP contribution in [0.15, 0.2) is 66.7 Å². The van der Waals surface area contributed by atoms with Gasteiger partial charge < -0.3 is 15.4 Å². The second kappa shape index (κ2) is 11.5. The number of hydrogen-bond acceptors (Lipinski definition) is 4. The van der Waals surface area contributed by atoms with E-state index in [1.54, 1.807) is 17.0 Å². The first kappa shape index (κ1) is 27.0. The van der Waals surface area contributed by atoms with Crippen molar-refractivity contribution in [3.05, 3.63) is 100 Å². The third-order valence-electron chi connectivity index (χ3n) is 6.59. The average molecular weight is 521 g/mol. The Balaban J connectivity index is 1.61. The van der Waals surface area contributed by atoms with E-state index in [0.29, 0.717) is 38.0 Å². The van der Waals surface area contributed by atoms with Gasteiger partial charge in [-0.15, -0.1) is 0 Å². The molecule has 0 aliphatic carbocycles. The van der Waals surface area contributed by atoms with Gasteiger partial charge in [0.25, 0.3) is 5.91 Å². The molecule has 4 rings (SSSR count). The van der Waals surface area contributed by atoms with Crippen molar-refractivity contribution in [2.24, 2.45) is 5.73 Å². The number of nitrogens with two attached hydrogens (primary N) is 1. The minimum Gasteiger partial charge on any atom is -0.418 e. The Morgan fingerprint density at radius 2 is 1.63 bits per heavy atom. The molecular weight excluding hydrogens is 493 g/mol. The summed E-state index contributed by atoms with van der Waals surface area (Å²) < 4.78 is 44.1. The van der Waals surface area contributed by atoms with Crippen molar-refractivity contribution in [3.8, 4) is 17.6 Å². The van der Waals surface area contributed by atoms with Gasteiger partial charge in [0, 0.05) is 25.2 Å². The maximum Gasteiger partial charge on any atom is 0.491 e. The highest BCUT2D eigenvalue weighted by Crippen LogP contribution is 2.32. The van der Waals surface area contributed by atoms with Crippen molar-refractivity contribution in [1.29, 1.82) is 0 Å². The fraction of sp³-hybridized carbons (Fsp3) is 0.267. The Morgan fingerprint density at radius 1 is 0.974 bits per heavy atom. The largest absolute Gasteiger partial charge is 0.491 e. The fourth-order valence-corrected chi connectivity index (χ4v) is 4.47. The molecule has 2 N–H and O–H groups in total. The predicted molar refractivity (Wildman–Crippen MR) is 138 cm³/mol. The molecule has 0 bridgehead atoms. The molecule has 0 spiro atoms. The van der Waals surface area contributed by atoms with E-state index in [1.807, 2.05) is 37.3 Å². The molecule has 196 valence electrons. The molecule has 3 aromatic carbocycles. The first-order valence-corrected chi connectivity index (χ1v) is 12.2. The summed E-state index contributed by atoms with van der Waals surface area (Å²) in [5, 5.41) is 0. The molecule has 38 heavy (non-hydrogen) atoms. The van der Waals surface area contributed by atoms with Crippen molar-refractivity contribution >= 4 is 11.9 Å². The first-order chi connectivity index (χ1) is 18.2. The fourth-order valence-electron chi connectivity index (χ4n) is 4.47. The van der Waals surface area contributed by atoms with Crippen molar-refractivity contribution in [2.45, 2.75) is 38.4 Å². The Kier molecular flexibility index (Phi) is 8.18. The monoisotopic (exact) mass is 520 g/mol. The molecule has 0 aromatic heterocycles. The smallest absolute Gasteiger partial charge is 0.418 e. The summed E-state index contributed by atoms with van der Waals surface area (Å²) in [6.45, 7) is 3.10. The molecule has 3 aromatic rings. The summed E-state index contributed by atoms with van der Waals surface area (Å²) in [5.41, 5.74) is 9.35. The molecule has 0 atom stereocenters. The van der Waals surface area contributed by atoms with Crippen LogP contribution in [0.2, 0.25) is 0 Å². The number of alkyl halides is 3. The maximum absolute atomic E-state index is 13.5. The highest BCUT2D eigenvalue weighted by Gasteiger charge is 2.42. The average Bonchev–Trinajstić information content (AvgIpc) is 2.92. The van der Waals surface area contributed by atoms with Crippen LogP contribution in [0.5, 0.6) is 5.75 Å². The van der Waals surface area contributed by atoms with Gasteiger partial charge in [0.15, 0.2) is 5.75 Å². The van der Waals surface area contributed by atoms with Gasteiger partial charge in [-0.25, -0.2) is 4.79 Å². The van der Waals surface area contributed by atoms with E-state index >= 15 is 0 Å². The lowest BCUT2D eigenvalue weighted by Gasteiger charge is -2.32. The minimum atomic E-state index is -5.23. The van der Waals surface area contributed by atoms with E-state index in [9.17, 15) is 22.8 Å². The second-order valence-corrected chi connectivity index (χ2v) is 9.15. The van der Waals surface area contributed by atoms with Crippen molar-refractivity contribution in [3.63, 3.8) is 0 Å². The summed E-state index contributed by atoms with van der Waals surface area (Å²) in [6.07, 6.45) is -3.86. The van der Waals surface area contributed by atoms with E-state index in [-0.39, 0.29) is 17.0 Å². The van der Waals surface area contributed by atoms with Gasteiger partial charge in [-0.3, -0.25) is 4.79 Å². The normalized spacial score (nSPS) is 14.0. The molecule has 1 fully saturated rings. The third kappa shape index (κ3) is 6.24. The van der Waals surface area contributed by atoms with Crippen molar-refractivity contribution < 1.29 is 27.5 Å². The van der Waals surface area contributed by atoms with Crippen LogP contribution in [-0.2, 0) is 11.3 Å². The number of ether oxygens (including phenoxy) is 1. The van der Waals surface area contributed by atoms with E-state index in [1.165, 1.54) is 18.2 Å². The number of piperidine rings is 1. The minimum absolute atomic E-state index is 0.0187. The zero-order chi connectivity index (χ0) is 27.3. The number of rotatable bonds is 4.